The molecule has 1 saturated heterocycles. The number of carbonyl (C=O) groups is 1. The summed E-state index contributed by atoms with van der Waals surface area (Å²) < 4.78 is 1.89. The van der Waals surface area contributed by atoms with Gasteiger partial charge in [-0.3, -0.25) is 15.0 Å². The average molecular weight is 355 g/mol. The molecule has 1 N–H and O–H groups in total. The quantitative estimate of drug-likeness (QED) is 0.859. The predicted molar refractivity (Wildman–Crippen MR) is 99.0 cm³/mol. The number of fused-ring (bicyclic) bond motifs is 1. The van der Waals surface area contributed by atoms with Crippen molar-refractivity contribution in [2.75, 3.05) is 27.2 Å². The van der Waals surface area contributed by atoms with Gasteiger partial charge in [0.15, 0.2) is 5.65 Å². The van der Waals surface area contributed by atoms with E-state index in [0.29, 0.717) is 5.96 Å². The predicted octanol–water partition coefficient (Wildman–Crippen LogP) is 0.728. The molecule has 2 aromatic heterocycles. The second kappa shape index (κ2) is 6.05. The zero-order valence-corrected chi connectivity index (χ0v) is 15.8. The number of nitrogens with one attached hydrogen (secondary N) is 1. The van der Waals surface area contributed by atoms with Crippen LogP contribution >= 0.6 is 0 Å². The summed E-state index contributed by atoms with van der Waals surface area (Å²) in [6.45, 7) is 6.51. The molecule has 0 bridgehead atoms. The van der Waals surface area contributed by atoms with Crippen LogP contribution in [0.2, 0.25) is 0 Å². The lowest BCUT2D eigenvalue weighted by Crippen LogP contribution is -2.49. The van der Waals surface area contributed by atoms with Crippen molar-refractivity contribution < 1.29 is 4.79 Å². The zero-order valence-electron chi connectivity index (χ0n) is 15.8. The van der Waals surface area contributed by atoms with Gasteiger partial charge in [-0.15, -0.1) is 0 Å². The van der Waals surface area contributed by atoms with Gasteiger partial charge in [-0.1, -0.05) is 0 Å². The molecule has 0 aromatic carbocycles. The van der Waals surface area contributed by atoms with Gasteiger partial charge in [-0.05, 0) is 32.8 Å². The summed E-state index contributed by atoms with van der Waals surface area (Å²) in [6.07, 6.45) is 3.38. The van der Waals surface area contributed by atoms with Crippen molar-refractivity contribution in [3.63, 3.8) is 0 Å². The molecule has 2 aliphatic rings. The van der Waals surface area contributed by atoms with Crippen LogP contribution in [0.4, 0.5) is 0 Å². The van der Waals surface area contributed by atoms with Gasteiger partial charge in [0, 0.05) is 50.7 Å². The third-order valence-electron chi connectivity index (χ3n) is 5.32. The minimum atomic E-state index is -0.595. The van der Waals surface area contributed by atoms with Crippen LogP contribution in [-0.2, 0) is 11.3 Å². The minimum Gasteiger partial charge on any atom is -0.349 e. The third-order valence-corrected chi connectivity index (χ3v) is 5.32. The summed E-state index contributed by atoms with van der Waals surface area (Å²) in [7, 11) is 3.80. The Morgan fingerprint density at radius 3 is 2.65 bits per heavy atom. The van der Waals surface area contributed by atoms with Crippen LogP contribution in [-0.4, -0.2) is 69.0 Å². The first-order valence-electron chi connectivity index (χ1n) is 9.00. The van der Waals surface area contributed by atoms with E-state index in [2.05, 4.69) is 20.3 Å². The highest BCUT2D eigenvalue weighted by Crippen LogP contribution is 2.31. The van der Waals surface area contributed by atoms with Crippen molar-refractivity contribution in [2.45, 2.75) is 38.8 Å². The number of aliphatic imine (C=N–C) groups is 1. The highest BCUT2D eigenvalue weighted by molar-refractivity contribution is 6.07. The Morgan fingerprint density at radius 1 is 1.27 bits per heavy atom. The number of guanidine groups is 1. The highest BCUT2D eigenvalue weighted by Gasteiger charge is 2.46. The van der Waals surface area contributed by atoms with Crippen molar-refractivity contribution in [1.29, 1.82) is 0 Å². The number of carbonyl (C=O) groups excluding carboxylic acids is 1. The van der Waals surface area contributed by atoms with Crippen LogP contribution in [0, 0.1) is 13.8 Å². The standard InChI is InChI=1S/C18H25N7O/c1-12-9-13(2)25-15(20-12)14(10-19-25)11-24-7-5-18(6-8-24)16(26)21-17(22-18)23(3)4/h9-10H,5-8,11H2,1-4H3,(H,21,22,26). The summed E-state index contributed by atoms with van der Waals surface area (Å²) in [4.78, 5) is 26.0. The zero-order chi connectivity index (χ0) is 18.5. The number of aromatic nitrogens is 3. The molecule has 0 atom stereocenters. The SMILES string of the molecule is Cc1cc(C)n2ncc(CN3CCC4(CC3)N=C(N(C)C)NC4=O)c2n1. The largest absolute Gasteiger partial charge is 0.349 e. The van der Waals surface area contributed by atoms with Crippen LogP contribution in [0.15, 0.2) is 17.3 Å². The number of nitrogens with zero attached hydrogens (tertiary/aromatic N) is 6. The summed E-state index contributed by atoms with van der Waals surface area (Å²) in [5.41, 5.74) is 3.55. The smallest absolute Gasteiger partial charge is 0.254 e. The van der Waals surface area contributed by atoms with Crippen LogP contribution < -0.4 is 5.32 Å². The second-order valence-electron chi connectivity index (χ2n) is 7.54. The van der Waals surface area contributed by atoms with Gasteiger partial charge in [0.05, 0.1) is 6.20 Å². The molecule has 1 fully saturated rings. The van der Waals surface area contributed by atoms with Crippen molar-refractivity contribution in [1.82, 2.24) is 29.7 Å². The highest BCUT2D eigenvalue weighted by atomic mass is 16.2. The molecular formula is C18H25N7O. The maximum Gasteiger partial charge on any atom is 0.254 e. The van der Waals surface area contributed by atoms with Crippen LogP contribution in [0.1, 0.15) is 29.8 Å². The fraction of sp³-hybridized carbons (Fsp3) is 0.556. The molecule has 4 rings (SSSR count). The van der Waals surface area contributed by atoms with E-state index in [1.807, 2.05) is 49.6 Å². The van der Waals surface area contributed by atoms with E-state index in [1.54, 1.807) is 0 Å². The van der Waals surface area contributed by atoms with Gasteiger partial charge >= 0.3 is 0 Å². The normalized spacial score (nSPS) is 19.8. The Labute approximate surface area is 152 Å². The summed E-state index contributed by atoms with van der Waals surface area (Å²) in [6, 6.07) is 2.04. The lowest BCUT2D eigenvalue weighted by atomic mass is 9.88. The molecule has 0 radical (unpaired) electrons. The second-order valence-corrected chi connectivity index (χ2v) is 7.54. The van der Waals surface area contributed by atoms with Crippen molar-refractivity contribution in [2.24, 2.45) is 4.99 Å². The van der Waals surface area contributed by atoms with Gasteiger partial charge in [0.1, 0.15) is 5.54 Å². The molecule has 2 aliphatic heterocycles. The van der Waals surface area contributed by atoms with E-state index in [0.717, 1.165) is 55.1 Å². The monoisotopic (exact) mass is 355 g/mol. The first-order chi connectivity index (χ1) is 12.4. The number of aryl methyl sites for hydroxylation is 2. The molecule has 138 valence electrons. The van der Waals surface area contributed by atoms with Crippen molar-refractivity contribution >= 4 is 17.5 Å². The fourth-order valence-electron chi connectivity index (χ4n) is 3.80. The molecule has 8 heteroatoms. The van der Waals surface area contributed by atoms with E-state index in [-0.39, 0.29) is 5.91 Å². The molecule has 1 amide bonds. The van der Waals surface area contributed by atoms with Gasteiger partial charge < -0.3 is 4.90 Å². The maximum atomic E-state index is 12.4. The van der Waals surface area contributed by atoms with E-state index in [4.69, 9.17) is 4.99 Å². The minimum absolute atomic E-state index is 0.0322. The Balaban J connectivity index is 1.49. The van der Waals surface area contributed by atoms with E-state index in [9.17, 15) is 4.79 Å². The Bertz CT molecular complexity index is 890. The molecule has 26 heavy (non-hydrogen) atoms. The lowest BCUT2D eigenvalue weighted by molar-refractivity contribution is -0.125. The molecule has 4 heterocycles. The molecule has 8 nitrogen and oxygen atoms in total. The maximum absolute atomic E-state index is 12.4. The topological polar surface area (TPSA) is 78.1 Å². The number of hydrogen-bond acceptors (Lipinski definition) is 6. The summed E-state index contributed by atoms with van der Waals surface area (Å²) >= 11 is 0. The Morgan fingerprint density at radius 2 is 2.00 bits per heavy atom. The molecule has 2 aromatic rings. The van der Waals surface area contributed by atoms with Crippen molar-refractivity contribution in [3.05, 3.63) is 29.2 Å². The van der Waals surface area contributed by atoms with Gasteiger partial charge in [0.2, 0.25) is 5.96 Å². The van der Waals surface area contributed by atoms with Gasteiger partial charge in [-0.25, -0.2) is 14.5 Å². The van der Waals surface area contributed by atoms with E-state index >= 15 is 0 Å². The summed E-state index contributed by atoms with van der Waals surface area (Å²) in [5.74, 6) is 0.700. The third kappa shape index (κ3) is 2.74. The Hall–Kier alpha value is -2.48. The molecule has 1 spiro atoms. The number of rotatable bonds is 2. The lowest BCUT2D eigenvalue weighted by Gasteiger charge is -2.35. The summed E-state index contributed by atoms with van der Waals surface area (Å²) in [5, 5.41) is 7.38. The molecule has 0 saturated carbocycles. The van der Waals surface area contributed by atoms with Crippen LogP contribution in [0.25, 0.3) is 5.65 Å². The number of hydrogen-bond donors (Lipinski definition) is 1. The number of amides is 1. The number of piperidine rings is 1. The van der Waals surface area contributed by atoms with Crippen molar-refractivity contribution in [3.8, 4) is 0 Å². The first kappa shape index (κ1) is 17.0. The van der Waals surface area contributed by atoms with Gasteiger partial charge in [0.25, 0.3) is 5.91 Å². The molecule has 0 aliphatic carbocycles. The molecular weight excluding hydrogens is 330 g/mol. The fourth-order valence-corrected chi connectivity index (χ4v) is 3.80. The number of likely N-dealkylation sites (tertiary alicyclic amines) is 1. The Kier molecular flexibility index (Phi) is 3.95. The first-order valence-corrected chi connectivity index (χ1v) is 9.00. The average Bonchev–Trinajstić information content (AvgIpc) is 3.12. The molecule has 0 unspecified atom stereocenters. The van der Waals surface area contributed by atoms with Crippen LogP contribution in [0.5, 0.6) is 0 Å². The van der Waals surface area contributed by atoms with Crippen LogP contribution in [0.3, 0.4) is 0 Å². The van der Waals surface area contributed by atoms with Gasteiger partial charge in [-0.2, -0.15) is 5.10 Å². The van der Waals surface area contributed by atoms with E-state index in [1.165, 1.54) is 0 Å². The van der Waals surface area contributed by atoms with E-state index < -0.39 is 5.54 Å².